The third-order valence-corrected chi connectivity index (χ3v) is 1.59. The van der Waals surface area contributed by atoms with Crippen molar-refractivity contribution in [3.8, 4) is 11.5 Å². The van der Waals surface area contributed by atoms with Crippen molar-refractivity contribution in [3.63, 3.8) is 0 Å². The molecule has 0 radical (unpaired) electrons. The van der Waals surface area contributed by atoms with E-state index >= 15 is 0 Å². The molecule has 2 rings (SSSR count). The lowest BCUT2D eigenvalue weighted by Crippen LogP contribution is -1.93. The third kappa shape index (κ3) is 1.33. The number of hydrogen-bond acceptors (Lipinski definition) is 4. The summed E-state index contributed by atoms with van der Waals surface area (Å²) in [5, 5.41) is 0. The SMILES string of the molecule is O=Cc1nccnc1-c1ccco1. The van der Waals surface area contributed by atoms with Crippen molar-refractivity contribution in [2.24, 2.45) is 0 Å². The fraction of sp³-hybridized carbons (Fsp3) is 0. The van der Waals surface area contributed by atoms with Gasteiger partial charge in [0, 0.05) is 12.4 Å². The highest BCUT2D eigenvalue weighted by Crippen LogP contribution is 2.18. The maximum absolute atomic E-state index is 10.6. The highest BCUT2D eigenvalue weighted by atomic mass is 16.3. The number of rotatable bonds is 2. The molecule has 0 unspecified atom stereocenters. The molecule has 4 heteroatoms. The third-order valence-electron chi connectivity index (χ3n) is 1.59. The number of carbonyl (C=O) groups is 1. The summed E-state index contributed by atoms with van der Waals surface area (Å²) in [5.74, 6) is 0.551. The van der Waals surface area contributed by atoms with E-state index in [0.29, 0.717) is 17.7 Å². The molecule has 0 atom stereocenters. The summed E-state index contributed by atoms with van der Waals surface area (Å²) >= 11 is 0. The Balaban J connectivity index is 2.57. The second kappa shape index (κ2) is 3.18. The van der Waals surface area contributed by atoms with E-state index in [1.165, 1.54) is 18.7 Å². The molecule has 4 nitrogen and oxygen atoms in total. The molecule has 2 aromatic heterocycles. The smallest absolute Gasteiger partial charge is 0.170 e. The predicted molar refractivity (Wildman–Crippen MR) is 45.1 cm³/mol. The Bertz CT molecular complexity index is 409. The Morgan fingerprint density at radius 1 is 1.31 bits per heavy atom. The monoisotopic (exact) mass is 174 g/mol. The van der Waals surface area contributed by atoms with E-state index in [9.17, 15) is 4.79 Å². The van der Waals surface area contributed by atoms with Crippen molar-refractivity contribution in [3.05, 3.63) is 36.5 Å². The van der Waals surface area contributed by atoms with Gasteiger partial charge in [0.2, 0.25) is 0 Å². The van der Waals surface area contributed by atoms with Gasteiger partial charge < -0.3 is 4.42 Å². The number of hydrogen-bond donors (Lipinski definition) is 0. The Morgan fingerprint density at radius 3 is 2.85 bits per heavy atom. The number of furan rings is 1. The molecule has 0 saturated heterocycles. The predicted octanol–water partition coefficient (Wildman–Crippen LogP) is 1.55. The van der Waals surface area contributed by atoms with E-state index in [2.05, 4.69) is 9.97 Å². The number of aromatic nitrogens is 2. The average Bonchev–Trinajstić information content (AvgIpc) is 2.70. The van der Waals surface area contributed by atoms with E-state index in [-0.39, 0.29) is 5.69 Å². The molecule has 0 saturated carbocycles. The summed E-state index contributed by atoms with van der Waals surface area (Å²) in [6.07, 6.45) is 5.17. The van der Waals surface area contributed by atoms with Crippen molar-refractivity contribution in [1.82, 2.24) is 9.97 Å². The van der Waals surface area contributed by atoms with Gasteiger partial charge in [0.05, 0.1) is 6.26 Å². The van der Waals surface area contributed by atoms with Crippen LogP contribution in [0.5, 0.6) is 0 Å². The number of nitrogens with zero attached hydrogens (tertiary/aromatic N) is 2. The van der Waals surface area contributed by atoms with Gasteiger partial charge >= 0.3 is 0 Å². The molecule has 0 aromatic carbocycles. The molecular weight excluding hydrogens is 168 g/mol. The first-order valence-corrected chi connectivity index (χ1v) is 3.72. The maximum atomic E-state index is 10.6. The molecule has 0 N–H and O–H groups in total. The summed E-state index contributed by atoms with van der Waals surface area (Å²) in [4.78, 5) is 18.4. The molecule has 0 bridgehead atoms. The Hall–Kier alpha value is -1.97. The van der Waals surface area contributed by atoms with E-state index < -0.39 is 0 Å². The van der Waals surface area contributed by atoms with Gasteiger partial charge in [-0.1, -0.05) is 0 Å². The lowest BCUT2D eigenvalue weighted by atomic mass is 10.2. The van der Waals surface area contributed by atoms with Crippen molar-refractivity contribution < 1.29 is 9.21 Å². The first kappa shape index (κ1) is 7.67. The molecule has 2 heterocycles. The molecule has 64 valence electrons. The van der Waals surface area contributed by atoms with Gasteiger partial charge in [-0.15, -0.1) is 0 Å². The molecule has 0 fully saturated rings. The maximum Gasteiger partial charge on any atom is 0.170 e. The van der Waals surface area contributed by atoms with Crippen LogP contribution in [0.2, 0.25) is 0 Å². The molecule has 2 aromatic rings. The fourth-order valence-corrected chi connectivity index (χ4v) is 1.04. The van der Waals surface area contributed by atoms with Crippen molar-refractivity contribution in [1.29, 1.82) is 0 Å². The average molecular weight is 174 g/mol. The molecule has 0 aliphatic carbocycles. The van der Waals surface area contributed by atoms with Gasteiger partial charge in [-0.2, -0.15) is 0 Å². The van der Waals surface area contributed by atoms with Gasteiger partial charge in [0.15, 0.2) is 12.0 Å². The summed E-state index contributed by atoms with van der Waals surface area (Å²) in [7, 11) is 0. The molecule has 0 aliphatic rings. The zero-order valence-electron chi connectivity index (χ0n) is 6.68. The van der Waals surface area contributed by atoms with Gasteiger partial charge in [0.25, 0.3) is 0 Å². The quantitative estimate of drug-likeness (QED) is 0.648. The van der Waals surface area contributed by atoms with Crippen molar-refractivity contribution in [2.75, 3.05) is 0 Å². The topological polar surface area (TPSA) is 56.0 Å². The Labute approximate surface area is 74.2 Å². The standard InChI is InChI=1S/C9H6N2O2/c12-6-7-9(11-4-3-10-7)8-2-1-5-13-8/h1-6H. The van der Waals surface area contributed by atoms with E-state index in [0.717, 1.165) is 0 Å². The Kier molecular flexibility index (Phi) is 1.88. The fourth-order valence-electron chi connectivity index (χ4n) is 1.04. The van der Waals surface area contributed by atoms with Crippen LogP contribution < -0.4 is 0 Å². The normalized spacial score (nSPS) is 9.85. The minimum Gasteiger partial charge on any atom is -0.463 e. The lowest BCUT2D eigenvalue weighted by molar-refractivity contribution is 0.111. The molecule has 0 amide bonds. The van der Waals surface area contributed by atoms with E-state index in [1.807, 2.05) is 0 Å². The second-order valence-corrected chi connectivity index (χ2v) is 2.39. The van der Waals surface area contributed by atoms with Crippen LogP contribution >= 0.6 is 0 Å². The van der Waals surface area contributed by atoms with Gasteiger partial charge in [0.1, 0.15) is 11.4 Å². The van der Waals surface area contributed by atoms with Crippen LogP contribution in [0.3, 0.4) is 0 Å². The lowest BCUT2D eigenvalue weighted by Gasteiger charge is -1.96. The van der Waals surface area contributed by atoms with Crippen LogP contribution in [-0.2, 0) is 0 Å². The van der Waals surface area contributed by atoms with Gasteiger partial charge in [-0.25, -0.2) is 9.97 Å². The van der Waals surface area contributed by atoms with Crippen LogP contribution in [0.4, 0.5) is 0 Å². The van der Waals surface area contributed by atoms with Crippen LogP contribution in [0.25, 0.3) is 11.5 Å². The molecule has 13 heavy (non-hydrogen) atoms. The van der Waals surface area contributed by atoms with Crippen LogP contribution in [0.15, 0.2) is 35.2 Å². The van der Waals surface area contributed by atoms with Crippen LogP contribution in [0.1, 0.15) is 10.5 Å². The van der Waals surface area contributed by atoms with E-state index in [4.69, 9.17) is 4.42 Å². The first-order chi connectivity index (χ1) is 6.42. The second-order valence-electron chi connectivity index (χ2n) is 2.39. The van der Waals surface area contributed by atoms with Gasteiger partial charge in [-0.05, 0) is 12.1 Å². The molecule has 0 spiro atoms. The highest BCUT2D eigenvalue weighted by molar-refractivity contribution is 5.81. The van der Waals surface area contributed by atoms with E-state index in [1.54, 1.807) is 12.1 Å². The van der Waals surface area contributed by atoms with Crippen molar-refractivity contribution in [2.45, 2.75) is 0 Å². The van der Waals surface area contributed by atoms with Gasteiger partial charge in [-0.3, -0.25) is 4.79 Å². The van der Waals surface area contributed by atoms with Crippen molar-refractivity contribution >= 4 is 6.29 Å². The largest absolute Gasteiger partial charge is 0.463 e. The number of aldehydes is 1. The number of carbonyl (C=O) groups excluding carboxylic acids is 1. The zero-order valence-corrected chi connectivity index (χ0v) is 6.68. The highest BCUT2D eigenvalue weighted by Gasteiger charge is 2.08. The molecular formula is C9H6N2O2. The minimum absolute atomic E-state index is 0.289. The summed E-state index contributed by atoms with van der Waals surface area (Å²) in [6.45, 7) is 0. The van der Waals surface area contributed by atoms with Crippen LogP contribution in [0, 0.1) is 0 Å². The minimum atomic E-state index is 0.289. The molecule has 0 aliphatic heterocycles. The first-order valence-electron chi connectivity index (χ1n) is 3.72. The summed E-state index contributed by atoms with van der Waals surface area (Å²) < 4.78 is 5.10. The zero-order chi connectivity index (χ0) is 9.10. The summed E-state index contributed by atoms with van der Waals surface area (Å²) in [6, 6.07) is 3.47. The Morgan fingerprint density at radius 2 is 2.15 bits per heavy atom. The van der Waals surface area contributed by atoms with Crippen LogP contribution in [-0.4, -0.2) is 16.3 Å². The summed E-state index contributed by atoms with van der Waals surface area (Å²) in [5.41, 5.74) is 0.764.